The fourth-order valence-corrected chi connectivity index (χ4v) is 1.10. The topological polar surface area (TPSA) is 29.1 Å². The molecule has 0 atom stereocenters. The first-order chi connectivity index (χ1) is 6.29. The van der Waals surface area contributed by atoms with Crippen LogP contribution in [0, 0.1) is 12.3 Å². The number of carbonyl (C=O) groups is 1. The lowest BCUT2D eigenvalue weighted by Gasteiger charge is -2.03. The zero-order chi connectivity index (χ0) is 9.68. The highest BCUT2D eigenvalue weighted by molar-refractivity contribution is 5.95. The van der Waals surface area contributed by atoms with Crippen molar-refractivity contribution in [1.29, 1.82) is 0 Å². The van der Waals surface area contributed by atoms with E-state index in [2.05, 4.69) is 17.8 Å². The quantitative estimate of drug-likeness (QED) is 0.390. The number of amides is 1. The molecule has 1 fully saturated rings. The molecule has 2 heteroatoms. The van der Waals surface area contributed by atoms with Crippen LogP contribution in [0.5, 0.6) is 0 Å². The molecule has 0 aromatic carbocycles. The van der Waals surface area contributed by atoms with Crippen molar-refractivity contribution in [2.24, 2.45) is 0 Å². The van der Waals surface area contributed by atoms with Gasteiger partial charge in [0.1, 0.15) is 0 Å². The molecule has 1 rings (SSSR count). The SMILES string of the molecule is C#CCC(C(=O)NCC=C)=C1CC1. The summed E-state index contributed by atoms with van der Waals surface area (Å²) in [5.74, 6) is 2.47. The fraction of sp³-hybridized carbons (Fsp3) is 0.364. The third kappa shape index (κ3) is 2.79. The van der Waals surface area contributed by atoms with Crippen LogP contribution in [0.15, 0.2) is 23.8 Å². The van der Waals surface area contributed by atoms with Crippen LogP contribution in [-0.2, 0) is 4.79 Å². The molecule has 0 aromatic heterocycles. The summed E-state index contributed by atoms with van der Waals surface area (Å²) in [5, 5.41) is 2.73. The van der Waals surface area contributed by atoms with Gasteiger partial charge in [-0.15, -0.1) is 18.9 Å². The van der Waals surface area contributed by atoms with Crippen molar-refractivity contribution in [3.05, 3.63) is 23.8 Å². The lowest BCUT2D eigenvalue weighted by Crippen LogP contribution is -2.24. The van der Waals surface area contributed by atoms with Crippen molar-refractivity contribution in [1.82, 2.24) is 5.32 Å². The van der Waals surface area contributed by atoms with Gasteiger partial charge in [-0.25, -0.2) is 0 Å². The highest BCUT2D eigenvalue weighted by atomic mass is 16.1. The van der Waals surface area contributed by atoms with E-state index in [1.54, 1.807) is 6.08 Å². The van der Waals surface area contributed by atoms with Gasteiger partial charge in [0.15, 0.2) is 0 Å². The van der Waals surface area contributed by atoms with Crippen molar-refractivity contribution >= 4 is 5.91 Å². The second-order valence-corrected chi connectivity index (χ2v) is 2.96. The van der Waals surface area contributed by atoms with Gasteiger partial charge in [0.2, 0.25) is 5.91 Å². The Labute approximate surface area is 78.7 Å². The molecule has 0 spiro atoms. The van der Waals surface area contributed by atoms with E-state index in [-0.39, 0.29) is 5.91 Å². The van der Waals surface area contributed by atoms with E-state index in [4.69, 9.17) is 6.42 Å². The van der Waals surface area contributed by atoms with Gasteiger partial charge in [0, 0.05) is 18.5 Å². The molecular formula is C11H13NO. The van der Waals surface area contributed by atoms with Gasteiger partial charge in [-0.05, 0) is 12.8 Å². The Balaban J connectivity index is 2.56. The summed E-state index contributed by atoms with van der Waals surface area (Å²) in [5.41, 5.74) is 1.99. The number of rotatable bonds is 4. The number of terminal acetylenes is 1. The molecule has 0 radical (unpaired) electrons. The van der Waals surface area contributed by atoms with Crippen LogP contribution < -0.4 is 5.32 Å². The zero-order valence-electron chi connectivity index (χ0n) is 7.60. The predicted molar refractivity (Wildman–Crippen MR) is 52.9 cm³/mol. The van der Waals surface area contributed by atoms with Crippen molar-refractivity contribution in [3.8, 4) is 12.3 Å². The van der Waals surface area contributed by atoms with Crippen LogP contribution in [0.1, 0.15) is 19.3 Å². The molecule has 0 bridgehead atoms. The summed E-state index contributed by atoms with van der Waals surface area (Å²) in [6, 6.07) is 0. The number of carbonyl (C=O) groups excluding carboxylic acids is 1. The normalized spacial score (nSPS) is 13.0. The molecule has 2 nitrogen and oxygen atoms in total. The molecule has 1 aliphatic rings. The summed E-state index contributed by atoms with van der Waals surface area (Å²) in [7, 11) is 0. The van der Waals surface area contributed by atoms with Crippen LogP contribution in [0.25, 0.3) is 0 Å². The molecule has 0 aromatic rings. The average Bonchev–Trinajstić information content (AvgIpc) is 2.93. The zero-order valence-corrected chi connectivity index (χ0v) is 7.60. The Bertz CT molecular complexity index is 288. The van der Waals surface area contributed by atoms with Crippen molar-refractivity contribution in [2.75, 3.05) is 6.54 Å². The minimum Gasteiger partial charge on any atom is -0.349 e. The van der Waals surface area contributed by atoms with Gasteiger partial charge >= 0.3 is 0 Å². The smallest absolute Gasteiger partial charge is 0.248 e. The Hall–Kier alpha value is -1.49. The average molecular weight is 175 g/mol. The van der Waals surface area contributed by atoms with Crippen LogP contribution >= 0.6 is 0 Å². The Kier molecular flexibility index (Phi) is 3.33. The monoisotopic (exact) mass is 175 g/mol. The minimum atomic E-state index is -0.0367. The number of hydrogen-bond acceptors (Lipinski definition) is 1. The Morgan fingerprint density at radius 2 is 2.38 bits per heavy atom. The molecule has 1 aliphatic carbocycles. The first-order valence-electron chi connectivity index (χ1n) is 4.33. The highest BCUT2D eigenvalue weighted by Gasteiger charge is 2.21. The van der Waals surface area contributed by atoms with Crippen molar-refractivity contribution in [3.63, 3.8) is 0 Å². The maximum Gasteiger partial charge on any atom is 0.248 e. The maximum atomic E-state index is 11.5. The van der Waals surface area contributed by atoms with Crippen LogP contribution in [0.2, 0.25) is 0 Å². The van der Waals surface area contributed by atoms with E-state index in [9.17, 15) is 4.79 Å². The lowest BCUT2D eigenvalue weighted by molar-refractivity contribution is -0.117. The van der Waals surface area contributed by atoms with E-state index < -0.39 is 0 Å². The summed E-state index contributed by atoms with van der Waals surface area (Å²) in [4.78, 5) is 11.5. The van der Waals surface area contributed by atoms with Gasteiger partial charge in [-0.2, -0.15) is 0 Å². The molecule has 1 N–H and O–H groups in total. The first-order valence-corrected chi connectivity index (χ1v) is 4.33. The second kappa shape index (κ2) is 4.51. The van der Waals surface area contributed by atoms with E-state index in [1.165, 1.54) is 5.57 Å². The van der Waals surface area contributed by atoms with Crippen LogP contribution in [0.3, 0.4) is 0 Å². The second-order valence-electron chi connectivity index (χ2n) is 2.96. The molecule has 1 saturated carbocycles. The van der Waals surface area contributed by atoms with Crippen LogP contribution in [-0.4, -0.2) is 12.5 Å². The van der Waals surface area contributed by atoms with Gasteiger partial charge in [0.25, 0.3) is 0 Å². The maximum absolute atomic E-state index is 11.5. The molecule has 0 aliphatic heterocycles. The van der Waals surface area contributed by atoms with Gasteiger partial charge < -0.3 is 5.32 Å². The number of nitrogens with one attached hydrogen (secondary N) is 1. The summed E-state index contributed by atoms with van der Waals surface area (Å²) >= 11 is 0. The largest absolute Gasteiger partial charge is 0.349 e. The third-order valence-electron chi connectivity index (χ3n) is 1.89. The van der Waals surface area contributed by atoms with Gasteiger partial charge in [0.05, 0.1) is 0 Å². The summed E-state index contributed by atoms with van der Waals surface area (Å²) in [6.45, 7) is 4.03. The van der Waals surface area contributed by atoms with Crippen molar-refractivity contribution < 1.29 is 4.79 Å². The Morgan fingerprint density at radius 3 is 2.85 bits per heavy atom. The first kappa shape index (κ1) is 9.60. The Morgan fingerprint density at radius 1 is 1.69 bits per heavy atom. The fourth-order valence-electron chi connectivity index (χ4n) is 1.10. The predicted octanol–water partition coefficient (Wildman–Crippen LogP) is 1.40. The van der Waals surface area contributed by atoms with Crippen LogP contribution in [0.4, 0.5) is 0 Å². The molecule has 0 unspecified atom stereocenters. The van der Waals surface area contributed by atoms with Gasteiger partial charge in [-0.3, -0.25) is 4.79 Å². The molecule has 0 saturated heterocycles. The minimum absolute atomic E-state index is 0.0367. The summed E-state index contributed by atoms with van der Waals surface area (Å²) < 4.78 is 0. The van der Waals surface area contributed by atoms with E-state index >= 15 is 0 Å². The van der Waals surface area contributed by atoms with E-state index in [1.807, 2.05) is 0 Å². The lowest BCUT2D eigenvalue weighted by atomic mass is 10.1. The number of hydrogen-bond donors (Lipinski definition) is 1. The van der Waals surface area contributed by atoms with E-state index in [0.29, 0.717) is 13.0 Å². The molecule has 13 heavy (non-hydrogen) atoms. The molecule has 1 amide bonds. The standard InChI is InChI=1S/C11H13NO/c1-3-5-10(9-6-7-9)11(13)12-8-4-2/h1,4H,2,5-8H2,(H,12,13). The third-order valence-corrected chi connectivity index (χ3v) is 1.89. The summed E-state index contributed by atoms with van der Waals surface area (Å²) in [6.07, 6.45) is 9.33. The molecular weight excluding hydrogens is 162 g/mol. The van der Waals surface area contributed by atoms with E-state index in [0.717, 1.165) is 18.4 Å². The highest BCUT2D eigenvalue weighted by Crippen LogP contribution is 2.32. The molecule has 68 valence electrons. The van der Waals surface area contributed by atoms with Crippen molar-refractivity contribution in [2.45, 2.75) is 19.3 Å². The van der Waals surface area contributed by atoms with Gasteiger partial charge in [-0.1, -0.05) is 11.6 Å². The number of allylic oxidation sites excluding steroid dienone is 1. The molecule has 0 heterocycles.